The third-order valence-corrected chi connectivity index (χ3v) is 2.83. The summed E-state index contributed by atoms with van der Waals surface area (Å²) in [5.74, 6) is 0.228. The lowest BCUT2D eigenvalue weighted by molar-refractivity contribution is 0.460. The van der Waals surface area contributed by atoms with Gasteiger partial charge in [-0.05, 0) is 18.2 Å². The van der Waals surface area contributed by atoms with Gasteiger partial charge in [-0.25, -0.2) is 9.37 Å². The van der Waals surface area contributed by atoms with Crippen LogP contribution in [0.25, 0.3) is 10.9 Å². The molecule has 0 aliphatic rings. The van der Waals surface area contributed by atoms with Crippen molar-refractivity contribution in [2.45, 2.75) is 0 Å². The van der Waals surface area contributed by atoms with Crippen LogP contribution in [0.3, 0.4) is 0 Å². The van der Waals surface area contributed by atoms with Gasteiger partial charge in [0.05, 0.1) is 11.1 Å². The number of halogens is 1. The topological polar surface area (TPSA) is 45.9 Å². The molecule has 0 radical (unpaired) electrons. The Kier molecular flexibility index (Phi) is 3.02. The molecule has 0 unspecified atom stereocenters. The minimum absolute atomic E-state index is 0.269. The van der Waals surface area contributed by atoms with Crippen LogP contribution in [0, 0.1) is 17.1 Å². The van der Waals surface area contributed by atoms with Crippen LogP contribution in [0.5, 0.6) is 11.6 Å². The molecule has 4 heteroatoms. The van der Waals surface area contributed by atoms with Gasteiger partial charge in [-0.15, -0.1) is 0 Å². The fraction of sp³-hybridized carbons (Fsp3) is 0. The van der Waals surface area contributed by atoms with Gasteiger partial charge in [-0.1, -0.05) is 24.3 Å². The second-order valence-electron chi connectivity index (χ2n) is 4.20. The predicted octanol–water partition coefficient (Wildman–Crippen LogP) is 4.04. The normalized spacial score (nSPS) is 10.2. The molecule has 0 saturated carbocycles. The molecule has 0 N–H and O–H groups in total. The van der Waals surface area contributed by atoms with Crippen molar-refractivity contribution in [2.75, 3.05) is 0 Å². The van der Waals surface area contributed by atoms with Crippen molar-refractivity contribution in [3.05, 3.63) is 66.0 Å². The molecule has 2 aromatic carbocycles. The van der Waals surface area contributed by atoms with Gasteiger partial charge >= 0.3 is 0 Å². The molecule has 0 atom stereocenters. The SMILES string of the molecule is N#Cc1cc(Oc2cccc(F)c2)nc2ccccc12. The van der Waals surface area contributed by atoms with Gasteiger partial charge in [0.25, 0.3) is 0 Å². The van der Waals surface area contributed by atoms with Gasteiger partial charge in [-0.3, -0.25) is 0 Å². The zero-order valence-corrected chi connectivity index (χ0v) is 10.4. The fourth-order valence-corrected chi connectivity index (χ4v) is 1.95. The Bertz CT molecular complexity index is 824. The molecule has 20 heavy (non-hydrogen) atoms. The van der Waals surface area contributed by atoms with E-state index in [1.807, 2.05) is 18.2 Å². The molecule has 0 spiro atoms. The van der Waals surface area contributed by atoms with E-state index in [1.54, 1.807) is 24.3 Å². The summed E-state index contributed by atoms with van der Waals surface area (Å²) in [6.07, 6.45) is 0. The van der Waals surface area contributed by atoms with E-state index in [1.165, 1.54) is 12.1 Å². The second kappa shape index (κ2) is 4.98. The van der Waals surface area contributed by atoms with Crippen molar-refractivity contribution in [1.29, 1.82) is 5.26 Å². The summed E-state index contributed by atoms with van der Waals surface area (Å²) in [5, 5.41) is 9.94. The maximum absolute atomic E-state index is 13.1. The fourth-order valence-electron chi connectivity index (χ4n) is 1.95. The van der Waals surface area contributed by atoms with Gasteiger partial charge in [0.15, 0.2) is 0 Å². The van der Waals surface area contributed by atoms with Crippen molar-refractivity contribution >= 4 is 10.9 Å². The van der Waals surface area contributed by atoms with Crippen LogP contribution in [0.4, 0.5) is 4.39 Å². The first-order valence-electron chi connectivity index (χ1n) is 5.99. The highest BCUT2D eigenvalue weighted by Gasteiger charge is 2.07. The maximum atomic E-state index is 13.1. The predicted molar refractivity (Wildman–Crippen MR) is 72.9 cm³/mol. The van der Waals surface area contributed by atoms with E-state index in [4.69, 9.17) is 4.74 Å². The number of aromatic nitrogens is 1. The van der Waals surface area contributed by atoms with Crippen LogP contribution in [-0.2, 0) is 0 Å². The second-order valence-corrected chi connectivity index (χ2v) is 4.20. The standard InChI is InChI=1S/C16H9FN2O/c17-12-4-3-5-13(9-12)20-16-8-11(10-18)14-6-1-2-7-15(14)19-16/h1-9H. The van der Waals surface area contributed by atoms with Crippen LogP contribution in [0.2, 0.25) is 0 Å². The van der Waals surface area contributed by atoms with E-state index in [0.717, 1.165) is 5.39 Å². The number of ether oxygens (including phenoxy) is 1. The number of benzene rings is 2. The highest BCUT2D eigenvalue weighted by Crippen LogP contribution is 2.25. The number of nitriles is 1. The number of hydrogen-bond donors (Lipinski definition) is 0. The first kappa shape index (κ1) is 12.1. The molecule has 0 bridgehead atoms. The Morgan fingerprint density at radius 1 is 1.05 bits per heavy atom. The van der Waals surface area contributed by atoms with E-state index in [2.05, 4.69) is 11.1 Å². The largest absolute Gasteiger partial charge is 0.439 e. The maximum Gasteiger partial charge on any atom is 0.221 e. The molecule has 3 aromatic rings. The summed E-state index contributed by atoms with van der Waals surface area (Å²) < 4.78 is 18.6. The Labute approximate surface area is 114 Å². The first-order valence-corrected chi connectivity index (χ1v) is 5.99. The number of para-hydroxylation sites is 1. The third-order valence-electron chi connectivity index (χ3n) is 2.83. The summed E-state index contributed by atoms with van der Waals surface area (Å²) in [5.41, 5.74) is 1.14. The van der Waals surface area contributed by atoms with Gasteiger partial charge in [0.1, 0.15) is 17.6 Å². The minimum atomic E-state index is -0.385. The molecule has 3 rings (SSSR count). The van der Waals surface area contributed by atoms with Crippen molar-refractivity contribution in [2.24, 2.45) is 0 Å². The van der Waals surface area contributed by atoms with Gasteiger partial charge in [0, 0.05) is 17.5 Å². The molecule has 0 fully saturated rings. The quantitative estimate of drug-likeness (QED) is 0.701. The van der Waals surface area contributed by atoms with Crippen LogP contribution in [0.1, 0.15) is 5.56 Å². The lowest BCUT2D eigenvalue weighted by atomic mass is 10.1. The molecular weight excluding hydrogens is 255 g/mol. The molecule has 0 aliphatic heterocycles. The van der Waals surface area contributed by atoms with Crippen LogP contribution in [0.15, 0.2) is 54.6 Å². The molecule has 3 nitrogen and oxygen atoms in total. The van der Waals surface area contributed by atoms with Crippen molar-refractivity contribution < 1.29 is 9.13 Å². The summed E-state index contributed by atoms with van der Waals surface area (Å²) in [7, 11) is 0. The highest BCUT2D eigenvalue weighted by atomic mass is 19.1. The number of fused-ring (bicyclic) bond motifs is 1. The minimum Gasteiger partial charge on any atom is -0.439 e. The van der Waals surface area contributed by atoms with E-state index < -0.39 is 0 Å². The van der Waals surface area contributed by atoms with Gasteiger partial charge in [0.2, 0.25) is 5.88 Å². The average molecular weight is 264 g/mol. The molecule has 1 aromatic heterocycles. The molecule has 1 heterocycles. The number of pyridine rings is 1. The van der Waals surface area contributed by atoms with Crippen molar-refractivity contribution in [1.82, 2.24) is 4.98 Å². The molecule has 96 valence electrons. The summed E-state index contributed by atoms with van der Waals surface area (Å²) in [4.78, 5) is 4.31. The van der Waals surface area contributed by atoms with Crippen LogP contribution < -0.4 is 4.74 Å². The lowest BCUT2D eigenvalue weighted by Crippen LogP contribution is -1.91. The Balaban J connectivity index is 2.06. The molecule has 0 saturated heterocycles. The van der Waals surface area contributed by atoms with Gasteiger partial charge < -0.3 is 4.74 Å². The van der Waals surface area contributed by atoms with E-state index in [0.29, 0.717) is 16.8 Å². The Morgan fingerprint density at radius 3 is 2.70 bits per heavy atom. The van der Waals surface area contributed by atoms with Crippen LogP contribution >= 0.6 is 0 Å². The van der Waals surface area contributed by atoms with E-state index in [9.17, 15) is 9.65 Å². The van der Waals surface area contributed by atoms with Crippen molar-refractivity contribution in [3.8, 4) is 17.7 Å². The van der Waals surface area contributed by atoms with Crippen LogP contribution in [-0.4, -0.2) is 4.98 Å². The number of nitrogens with zero attached hydrogens (tertiary/aromatic N) is 2. The van der Waals surface area contributed by atoms with E-state index in [-0.39, 0.29) is 11.7 Å². The smallest absolute Gasteiger partial charge is 0.221 e. The average Bonchev–Trinajstić information content (AvgIpc) is 2.46. The molecular formula is C16H9FN2O. The van der Waals surface area contributed by atoms with E-state index >= 15 is 0 Å². The Hall–Kier alpha value is -2.93. The summed E-state index contributed by atoms with van der Waals surface area (Å²) in [6, 6.07) is 16.8. The number of hydrogen-bond acceptors (Lipinski definition) is 3. The summed E-state index contributed by atoms with van der Waals surface area (Å²) in [6.45, 7) is 0. The summed E-state index contributed by atoms with van der Waals surface area (Å²) >= 11 is 0. The number of rotatable bonds is 2. The van der Waals surface area contributed by atoms with Gasteiger partial charge in [-0.2, -0.15) is 5.26 Å². The monoisotopic (exact) mass is 264 g/mol. The Morgan fingerprint density at radius 2 is 1.90 bits per heavy atom. The first-order chi connectivity index (χ1) is 9.76. The molecule has 0 aliphatic carbocycles. The third kappa shape index (κ3) is 2.29. The highest BCUT2D eigenvalue weighted by molar-refractivity contribution is 5.85. The van der Waals surface area contributed by atoms with Crippen molar-refractivity contribution in [3.63, 3.8) is 0 Å². The molecule has 0 amide bonds. The zero-order chi connectivity index (χ0) is 13.9. The lowest BCUT2D eigenvalue weighted by Gasteiger charge is -2.07. The zero-order valence-electron chi connectivity index (χ0n) is 10.4.